The molecule has 0 aromatic heterocycles. The number of anilines is 2. The Morgan fingerprint density at radius 1 is 1.33 bits per heavy atom. The fourth-order valence-corrected chi connectivity index (χ4v) is 1.52. The maximum absolute atomic E-state index is 13.1. The van der Waals surface area contributed by atoms with Crippen molar-refractivity contribution in [2.24, 2.45) is 0 Å². The molecule has 0 amide bonds. The Hall–Kier alpha value is -0.960. The van der Waals surface area contributed by atoms with Crippen molar-refractivity contribution in [3.8, 4) is 0 Å². The Balaban J connectivity index is 2.56. The van der Waals surface area contributed by atoms with Gasteiger partial charge in [-0.05, 0) is 19.1 Å². The molecule has 1 aliphatic heterocycles. The molecular formula is C8H8ClFN2. The van der Waals surface area contributed by atoms with Crippen LogP contribution in [0.25, 0.3) is 0 Å². The second-order valence-electron chi connectivity index (χ2n) is 2.79. The van der Waals surface area contributed by atoms with Gasteiger partial charge >= 0.3 is 0 Å². The number of hydrogen-bond donors (Lipinski definition) is 2. The highest BCUT2D eigenvalue weighted by Gasteiger charge is 2.21. The van der Waals surface area contributed by atoms with Gasteiger partial charge in [-0.3, -0.25) is 0 Å². The monoisotopic (exact) mass is 186 g/mol. The summed E-state index contributed by atoms with van der Waals surface area (Å²) < 4.78 is 13.1. The fourth-order valence-electron chi connectivity index (χ4n) is 1.30. The van der Waals surface area contributed by atoms with Crippen LogP contribution in [0.5, 0.6) is 0 Å². The van der Waals surface area contributed by atoms with Crippen molar-refractivity contribution in [2.45, 2.75) is 13.1 Å². The van der Waals surface area contributed by atoms with Crippen LogP contribution in [0.4, 0.5) is 15.8 Å². The van der Waals surface area contributed by atoms with E-state index in [4.69, 9.17) is 11.6 Å². The van der Waals surface area contributed by atoms with E-state index in [-0.39, 0.29) is 12.0 Å². The maximum Gasteiger partial charge on any atom is 0.148 e. The lowest BCUT2D eigenvalue weighted by Gasteiger charge is -2.02. The number of benzene rings is 1. The predicted octanol–water partition coefficient (Wildman–Crippen LogP) is 2.66. The van der Waals surface area contributed by atoms with E-state index in [1.165, 1.54) is 6.07 Å². The summed E-state index contributed by atoms with van der Waals surface area (Å²) in [6.45, 7) is 1.90. The highest BCUT2D eigenvalue weighted by atomic mass is 35.5. The molecule has 0 aliphatic carbocycles. The van der Waals surface area contributed by atoms with Crippen LogP contribution >= 0.6 is 11.6 Å². The average Bonchev–Trinajstić information content (AvgIpc) is 2.41. The minimum Gasteiger partial charge on any atom is -0.363 e. The third-order valence-corrected chi connectivity index (χ3v) is 2.14. The molecule has 0 radical (unpaired) electrons. The first kappa shape index (κ1) is 7.68. The van der Waals surface area contributed by atoms with E-state index in [0.29, 0.717) is 16.4 Å². The maximum atomic E-state index is 13.1. The SMILES string of the molecule is CC1Nc2c(F)ccc(Cl)c2N1. The Bertz CT molecular complexity index is 296. The summed E-state index contributed by atoms with van der Waals surface area (Å²) in [6, 6.07) is 2.90. The molecule has 0 saturated carbocycles. The molecule has 12 heavy (non-hydrogen) atoms. The standard InChI is InChI=1S/C8H8ClFN2/c1-4-11-7-5(9)2-3-6(10)8(7)12-4/h2-4,11-12H,1H3. The Morgan fingerprint density at radius 3 is 2.67 bits per heavy atom. The lowest BCUT2D eigenvalue weighted by Crippen LogP contribution is -2.16. The van der Waals surface area contributed by atoms with Gasteiger partial charge in [0.2, 0.25) is 0 Å². The van der Waals surface area contributed by atoms with Crippen LogP contribution in [0.15, 0.2) is 12.1 Å². The molecule has 1 unspecified atom stereocenters. The van der Waals surface area contributed by atoms with Gasteiger partial charge in [0, 0.05) is 0 Å². The predicted molar refractivity (Wildman–Crippen MR) is 48.1 cm³/mol. The quantitative estimate of drug-likeness (QED) is 0.651. The van der Waals surface area contributed by atoms with Gasteiger partial charge in [-0.1, -0.05) is 11.6 Å². The minimum atomic E-state index is -0.272. The molecule has 0 spiro atoms. The number of fused-ring (bicyclic) bond motifs is 1. The molecule has 1 aromatic carbocycles. The van der Waals surface area contributed by atoms with Crippen molar-refractivity contribution in [1.82, 2.24) is 0 Å². The second-order valence-corrected chi connectivity index (χ2v) is 3.20. The number of halogens is 2. The second kappa shape index (κ2) is 2.52. The zero-order valence-electron chi connectivity index (χ0n) is 6.49. The van der Waals surface area contributed by atoms with E-state index in [1.807, 2.05) is 6.92 Å². The Kier molecular flexibility index (Phi) is 1.61. The molecule has 1 aromatic rings. The van der Waals surface area contributed by atoms with Crippen molar-refractivity contribution in [3.63, 3.8) is 0 Å². The molecule has 2 nitrogen and oxygen atoms in total. The van der Waals surface area contributed by atoms with Crippen LogP contribution in [0.2, 0.25) is 5.02 Å². The van der Waals surface area contributed by atoms with Crippen LogP contribution < -0.4 is 10.6 Å². The fraction of sp³-hybridized carbons (Fsp3) is 0.250. The lowest BCUT2D eigenvalue weighted by atomic mass is 10.2. The number of rotatable bonds is 0. The van der Waals surface area contributed by atoms with Crippen LogP contribution in [-0.2, 0) is 0 Å². The van der Waals surface area contributed by atoms with Gasteiger partial charge in [0.1, 0.15) is 5.82 Å². The van der Waals surface area contributed by atoms with Crippen LogP contribution in [-0.4, -0.2) is 6.17 Å². The van der Waals surface area contributed by atoms with E-state index >= 15 is 0 Å². The number of hydrogen-bond acceptors (Lipinski definition) is 2. The third kappa shape index (κ3) is 1.01. The smallest absolute Gasteiger partial charge is 0.148 e. The molecule has 2 N–H and O–H groups in total. The van der Waals surface area contributed by atoms with E-state index < -0.39 is 0 Å². The van der Waals surface area contributed by atoms with E-state index in [9.17, 15) is 4.39 Å². The van der Waals surface area contributed by atoms with Crippen LogP contribution in [0, 0.1) is 5.82 Å². The summed E-state index contributed by atoms with van der Waals surface area (Å²) >= 11 is 5.84. The Morgan fingerprint density at radius 2 is 2.00 bits per heavy atom. The highest BCUT2D eigenvalue weighted by Crippen LogP contribution is 2.37. The largest absolute Gasteiger partial charge is 0.363 e. The Labute approximate surface area is 74.7 Å². The highest BCUT2D eigenvalue weighted by molar-refractivity contribution is 6.34. The summed E-state index contributed by atoms with van der Waals surface area (Å²) in [5, 5.41) is 6.50. The van der Waals surface area contributed by atoms with Gasteiger partial charge < -0.3 is 10.6 Å². The summed E-state index contributed by atoms with van der Waals surface area (Å²) in [7, 11) is 0. The van der Waals surface area contributed by atoms with Crippen LogP contribution in [0.3, 0.4) is 0 Å². The molecule has 4 heteroatoms. The third-order valence-electron chi connectivity index (χ3n) is 1.83. The van der Waals surface area contributed by atoms with Crippen molar-refractivity contribution < 1.29 is 4.39 Å². The zero-order valence-corrected chi connectivity index (χ0v) is 7.24. The number of nitrogens with one attached hydrogen (secondary N) is 2. The lowest BCUT2D eigenvalue weighted by molar-refractivity contribution is 0.631. The zero-order chi connectivity index (χ0) is 8.72. The van der Waals surface area contributed by atoms with E-state index in [2.05, 4.69) is 10.6 Å². The summed E-state index contributed by atoms with van der Waals surface area (Å²) in [5.41, 5.74) is 1.12. The molecule has 1 atom stereocenters. The molecule has 2 rings (SSSR count). The average molecular weight is 187 g/mol. The van der Waals surface area contributed by atoms with Gasteiger partial charge in [-0.25, -0.2) is 4.39 Å². The van der Waals surface area contributed by atoms with Gasteiger partial charge in [-0.2, -0.15) is 0 Å². The van der Waals surface area contributed by atoms with Crippen molar-refractivity contribution in [1.29, 1.82) is 0 Å². The van der Waals surface area contributed by atoms with Gasteiger partial charge in [0.15, 0.2) is 0 Å². The summed E-state index contributed by atoms with van der Waals surface area (Å²) in [6.07, 6.45) is 0.0365. The topological polar surface area (TPSA) is 24.1 Å². The van der Waals surface area contributed by atoms with Crippen molar-refractivity contribution in [3.05, 3.63) is 23.0 Å². The van der Waals surface area contributed by atoms with Crippen molar-refractivity contribution in [2.75, 3.05) is 10.6 Å². The molecule has 0 saturated heterocycles. The molecular weight excluding hydrogens is 179 g/mol. The minimum absolute atomic E-state index is 0.0365. The molecule has 64 valence electrons. The first-order valence-electron chi connectivity index (χ1n) is 3.69. The van der Waals surface area contributed by atoms with Gasteiger partial charge in [-0.15, -0.1) is 0 Å². The van der Waals surface area contributed by atoms with Gasteiger partial charge in [0.05, 0.1) is 22.6 Å². The molecule has 0 bridgehead atoms. The summed E-state index contributed by atoms with van der Waals surface area (Å²) in [4.78, 5) is 0. The molecule has 0 fully saturated rings. The molecule has 1 aliphatic rings. The summed E-state index contributed by atoms with van der Waals surface area (Å²) in [5.74, 6) is -0.272. The van der Waals surface area contributed by atoms with Crippen molar-refractivity contribution >= 4 is 23.0 Å². The first-order valence-corrected chi connectivity index (χ1v) is 4.07. The van der Waals surface area contributed by atoms with E-state index in [1.54, 1.807) is 6.07 Å². The van der Waals surface area contributed by atoms with E-state index in [0.717, 1.165) is 0 Å². The normalized spacial score (nSPS) is 19.8. The van der Waals surface area contributed by atoms with Gasteiger partial charge in [0.25, 0.3) is 0 Å². The van der Waals surface area contributed by atoms with Crippen LogP contribution in [0.1, 0.15) is 6.92 Å². The molecule has 1 heterocycles. The first-order chi connectivity index (χ1) is 5.68.